The van der Waals surface area contributed by atoms with Crippen LogP contribution in [-0.2, 0) is 6.54 Å². The zero-order valence-electron chi connectivity index (χ0n) is 11.9. The molecule has 0 fully saturated rings. The summed E-state index contributed by atoms with van der Waals surface area (Å²) in [5.41, 5.74) is 1.40. The second-order valence-electron chi connectivity index (χ2n) is 4.79. The zero-order chi connectivity index (χ0) is 13.2. The quantitative estimate of drug-likeness (QED) is 0.692. The van der Waals surface area contributed by atoms with E-state index in [4.69, 9.17) is 0 Å². The van der Waals surface area contributed by atoms with Gasteiger partial charge in [-0.2, -0.15) is 11.8 Å². The molecule has 18 heavy (non-hydrogen) atoms. The van der Waals surface area contributed by atoms with Crippen molar-refractivity contribution in [3.63, 3.8) is 0 Å². The summed E-state index contributed by atoms with van der Waals surface area (Å²) in [5.74, 6) is 1.19. The average Bonchev–Trinajstić information content (AvgIpc) is 2.38. The van der Waals surface area contributed by atoms with E-state index >= 15 is 0 Å². The Bertz CT molecular complexity index is 301. The van der Waals surface area contributed by atoms with Crippen LogP contribution in [0.4, 0.5) is 0 Å². The topological polar surface area (TPSA) is 15.3 Å². The van der Waals surface area contributed by atoms with Gasteiger partial charge in [-0.05, 0) is 25.7 Å². The summed E-state index contributed by atoms with van der Waals surface area (Å²) < 4.78 is 0. The third kappa shape index (κ3) is 6.43. The maximum absolute atomic E-state index is 3.49. The molecule has 0 saturated carbocycles. The normalized spacial score (nSPS) is 11.4. The summed E-state index contributed by atoms with van der Waals surface area (Å²) in [7, 11) is 0. The van der Waals surface area contributed by atoms with Gasteiger partial charge in [-0.25, -0.2) is 0 Å². The van der Waals surface area contributed by atoms with E-state index in [0.717, 1.165) is 26.2 Å². The Morgan fingerprint density at radius 2 is 1.89 bits per heavy atom. The molecule has 0 saturated heterocycles. The van der Waals surface area contributed by atoms with Crippen LogP contribution < -0.4 is 5.32 Å². The van der Waals surface area contributed by atoms with E-state index < -0.39 is 0 Å². The van der Waals surface area contributed by atoms with Crippen LogP contribution in [0, 0.1) is 0 Å². The van der Waals surface area contributed by atoms with Crippen molar-refractivity contribution in [2.24, 2.45) is 0 Å². The van der Waals surface area contributed by atoms with Crippen LogP contribution in [-0.4, -0.2) is 42.6 Å². The van der Waals surface area contributed by atoms with Crippen LogP contribution in [0.2, 0.25) is 0 Å². The Morgan fingerprint density at radius 1 is 1.17 bits per heavy atom. The van der Waals surface area contributed by atoms with Crippen LogP contribution in [0.3, 0.4) is 0 Å². The van der Waals surface area contributed by atoms with E-state index in [1.54, 1.807) is 0 Å². The van der Waals surface area contributed by atoms with Gasteiger partial charge < -0.3 is 5.32 Å². The number of hydrogen-bond acceptors (Lipinski definition) is 3. The highest BCUT2D eigenvalue weighted by Gasteiger charge is 2.09. The van der Waals surface area contributed by atoms with Gasteiger partial charge in [0.1, 0.15) is 0 Å². The number of thioether (sulfide) groups is 1. The van der Waals surface area contributed by atoms with E-state index in [-0.39, 0.29) is 0 Å². The van der Waals surface area contributed by atoms with Crippen molar-refractivity contribution in [2.45, 2.75) is 26.4 Å². The summed E-state index contributed by atoms with van der Waals surface area (Å²) in [6.45, 7) is 8.88. The molecule has 0 heterocycles. The number of rotatable bonds is 9. The molecule has 1 aromatic carbocycles. The van der Waals surface area contributed by atoms with Gasteiger partial charge in [0.25, 0.3) is 0 Å². The zero-order valence-corrected chi connectivity index (χ0v) is 12.7. The van der Waals surface area contributed by atoms with Gasteiger partial charge in [0, 0.05) is 38.0 Å². The SMILES string of the molecule is CSCCNCCN(Cc1ccccc1)C(C)C. The third-order valence-corrected chi connectivity index (χ3v) is 3.63. The highest BCUT2D eigenvalue weighted by molar-refractivity contribution is 7.98. The minimum atomic E-state index is 0.590. The Hall–Kier alpha value is -0.510. The van der Waals surface area contributed by atoms with E-state index in [2.05, 4.69) is 60.7 Å². The van der Waals surface area contributed by atoms with Gasteiger partial charge in [-0.3, -0.25) is 4.90 Å². The minimum absolute atomic E-state index is 0.590. The largest absolute Gasteiger partial charge is 0.315 e. The lowest BCUT2D eigenvalue weighted by Gasteiger charge is -2.26. The summed E-state index contributed by atoms with van der Waals surface area (Å²) >= 11 is 1.89. The van der Waals surface area contributed by atoms with Crippen molar-refractivity contribution in [2.75, 3.05) is 31.6 Å². The standard InChI is InChI=1S/C15H26N2S/c1-14(2)17(11-9-16-10-12-18-3)13-15-7-5-4-6-8-15/h4-8,14,16H,9-13H2,1-3H3. The lowest BCUT2D eigenvalue weighted by Crippen LogP contribution is -2.37. The fourth-order valence-corrected chi connectivity index (χ4v) is 2.21. The molecule has 0 radical (unpaired) electrons. The van der Waals surface area contributed by atoms with Crippen LogP contribution in [0.5, 0.6) is 0 Å². The molecular formula is C15H26N2S. The predicted molar refractivity (Wildman–Crippen MR) is 83.2 cm³/mol. The summed E-state index contributed by atoms with van der Waals surface area (Å²) in [6.07, 6.45) is 2.15. The van der Waals surface area contributed by atoms with Crippen molar-refractivity contribution in [3.05, 3.63) is 35.9 Å². The first-order chi connectivity index (χ1) is 8.74. The lowest BCUT2D eigenvalue weighted by molar-refractivity contribution is 0.214. The van der Waals surface area contributed by atoms with Gasteiger partial charge in [0.15, 0.2) is 0 Å². The molecule has 1 aromatic rings. The monoisotopic (exact) mass is 266 g/mol. The molecule has 2 nitrogen and oxygen atoms in total. The molecule has 1 N–H and O–H groups in total. The Morgan fingerprint density at radius 3 is 2.50 bits per heavy atom. The van der Waals surface area contributed by atoms with E-state index in [0.29, 0.717) is 6.04 Å². The van der Waals surface area contributed by atoms with Gasteiger partial charge in [0.2, 0.25) is 0 Å². The Kier molecular flexibility index (Phi) is 8.14. The molecule has 1 rings (SSSR count). The number of benzene rings is 1. The lowest BCUT2D eigenvalue weighted by atomic mass is 10.2. The smallest absolute Gasteiger partial charge is 0.0236 e. The third-order valence-electron chi connectivity index (χ3n) is 3.02. The Labute approximate surface area is 116 Å². The highest BCUT2D eigenvalue weighted by atomic mass is 32.2. The van der Waals surface area contributed by atoms with Crippen LogP contribution >= 0.6 is 11.8 Å². The molecule has 0 bridgehead atoms. The first-order valence-corrected chi connectivity index (χ1v) is 8.11. The van der Waals surface area contributed by atoms with Crippen molar-refractivity contribution >= 4 is 11.8 Å². The molecule has 0 atom stereocenters. The molecule has 0 aliphatic heterocycles. The molecule has 0 spiro atoms. The second kappa shape index (κ2) is 9.42. The van der Waals surface area contributed by atoms with Crippen molar-refractivity contribution in [3.8, 4) is 0 Å². The van der Waals surface area contributed by atoms with E-state index in [1.807, 2.05) is 11.8 Å². The van der Waals surface area contributed by atoms with Gasteiger partial charge in [-0.1, -0.05) is 30.3 Å². The minimum Gasteiger partial charge on any atom is -0.315 e. The number of hydrogen-bond donors (Lipinski definition) is 1. The van der Waals surface area contributed by atoms with Crippen LogP contribution in [0.15, 0.2) is 30.3 Å². The van der Waals surface area contributed by atoms with E-state index in [1.165, 1.54) is 11.3 Å². The van der Waals surface area contributed by atoms with Crippen LogP contribution in [0.25, 0.3) is 0 Å². The molecule has 0 unspecified atom stereocenters. The molecule has 0 amide bonds. The molecule has 0 aliphatic rings. The summed E-state index contributed by atoms with van der Waals surface area (Å²) in [5, 5.41) is 3.49. The van der Waals surface area contributed by atoms with Crippen molar-refractivity contribution < 1.29 is 0 Å². The Balaban J connectivity index is 2.32. The molecule has 3 heteroatoms. The van der Waals surface area contributed by atoms with Crippen molar-refractivity contribution in [1.82, 2.24) is 10.2 Å². The maximum Gasteiger partial charge on any atom is 0.0236 e. The average molecular weight is 266 g/mol. The molecular weight excluding hydrogens is 240 g/mol. The van der Waals surface area contributed by atoms with Gasteiger partial charge >= 0.3 is 0 Å². The summed E-state index contributed by atoms with van der Waals surface area (Å²) in [6, 6.07) is 11.3. The molecule has 0 aromatic heterocycles. The fraction of sp³-hybridized carbons (Fsp3) is 0.600. The second-order valence-corrected chi connectivity index (χ2v) is 5.78. The number of nitrogens with zero attached hydrogens (tertiary/aromatic N) is 1. The highest BCUT2D eigenvalue weighted by Crippen LogP contribution is 2.07. The molecule has 102 valence electrons. The van der Waals surface area contributed by atoms with Crippen molar-refractivity contribution in [1.29, 1.82) is 0 Å². The first-order valence-electron chi connectivity index (χ1n) is 6.71. The maximum atomic E-state index is 3.49. The number of nitrogens with one attached hydrogen (secondary N) is 1. The first kappa shape index (κ1) is 15.5. The fourth-order valence-electron chi connectivity index (χ4n) is 1.86. The van der Waals surface area contributed by atoms with Crippen LogP contribution in [0.1, 0.15) is 19.4 Å². The van der Waals surface area contributed by atoms with Gasteiger partial charge in [-0.15, -0.1) is 0 Å². The molecule has 0 aliphatic carbocycles. The van der Waals surface area contributed by atoms with Gasteiger partial charge in [0.05, 0.1) is 0 Å². The van der Waals surface area contributed by atoms with E-state index in [9.17, 15) is 0 Å². The predicted octanol–water partition coefficient (Wildman–Crippen LogP) is 2.85. The summed E-state index contributed by atoms with van der Waals surface area (Å²) in [4.78, 5) is 2.52.